The summed E-state index contributed by atoms with van der Waals surface area (Å²) < 4.78 is 5.31. The van der Waals surface area contributed by atoms with E-state index < -0.39 is 0 Å². The Kier molecular flexibility index (Phi) is 6.99. The van der Waals surface area contributed by atoms with Crippen LogP contribution in [0.3, 0.4) is 0 Å². The summed E-state index contributed by atoms with van der Waals surface area (Å²) in [6.07, 6.45) is 0. The van der Waals surface area contributed by atoms with Crippen molar-refractivity contribution in [1.29, 1.82) is 5.41 Å². The van der Waals surface area contributed by atoms with Gasteiger partial charge in [0.05, 0.1) is 6.61 Å². The van der Waals surface area contributed by atoms with Crippen molar-refractivity contribution in [2.75, 3.05) is 6.61 Å². The van der Waals surface area contributed by atoms with Crippen LogP contribution in [0.1, 0.15) is 12.5 Å². The second-order valence-corrected chi connectivity index (χ2v) is 3.75. The largest absolute Gasteiger partial charge is 0.494 e. The van der Waals surface area contributed by atoms with Crippen LogP contribution in [0.4, 0.5) is 0 Å². The summed E-state index contributed by atoms with van der Waals surface area (Å²) in [5.41, 5.74) is 6.39. The van der Waals surface area contributed by atoms with Gasteiger partial charge in [0, 0.05) is 5.75 Å². The van der Waals surface area contributed by atoms with Crippen LogP contribution in [0.25, 0.3) is 0 Å². The van der Waals surface area contributed by atoms with E-state index in [2.05, 4.69) is 0 Å². The predicted octanol–water partition coefficient (Wildman–Crippen LogP) is 2.63. The fourth-order valence-corrected chi connectivity index (χ4v) is 1.52. The molecule has 0 aliphatic heterocycles. The van der Waals surface area contributed by atoms with Gasteiger partial charge < -0.3 is 10.5 Å². The Morgan fingerprint density at radius 3 is 2.47 bits per heavy atom. The molecule has 0 spiro atoms. The van der Waals surface area contributed by atoms with Crippen LogP contribution in [0.5, 0.6) is 5.75 Å². The van der Waals surface area contributed by atoms with E-state index in [9.17, 15) is 0 Å². The van der Waals surface area contributed by atoms with Gasteiger partial charge in [-0.1, -0.05) is 23.9 Å². The summed E-state index contributed by atoms with van der Waals surface area (Å²) in [7, 11) is 0. The molecular formula is C10H15ClN2OS. The first-order valence-corrected chi connectivity index (χ1v) is 5.39. The summed E-state index contributed by atoms with van der Waals surface area (Å²) in [5, 5.41) is 7.22. The Morgan fingerprint density at radius 1 is 1.40 bits per heavy atom. The molecule has 1 rings (SSSR count). The highest BCUT2D eigenvalue weighted by atomic mass is 35.5. The minimum Gasteiger partial charge on any atom is -0.494 e. The lowest BCUT2D eigenvalue weighted by atomic mass is 10.2. The molecular weight excluding hydrogens is 232 g/mol. The van der Waals surface area contributed by atoms with Crippen molar-refractivity contribution >= 4 is 29.3 Å². The lowest BCUT2D eigenvalue weighted by Crippen LogP contribution is -2.03. The van der Waals surface area contributed by atoms with Crippen molar-refractivity contribution in [2.45, 2.75) is 12.7 Å². The zero-order chi connectivity index (χ0) is 10.4. The van der Waals surface area contributed by atoms with E-state index >= 15 is 0 Å². The molecule has 0 heterocycles. The fourth-order valence-electron chi connectivity index (χ4n) is 1.01. The van der Waals surface area contributed by atoms with Gasteiger partial charge in [-0.3, -0.25) is 5.41 Å². The molecule has 0 aliphatic carbocycles. The maximum absolute atomic E-state index is 7.07. The average molecular weight is 247 g/mol. The number of rotatable bonds is 4. The van der Waals surface area contributed by atoms with Gasteiger partial charge >= 0.3 is 0 Å². The fraction of sp³-hybridized carbons (Fsp3) is 0.300. The second kappa shape index (κ2) is 7.43. The molecule has 84 valence electrons. The Hall–Kier alpha value is -0.870. The molecule has 0 atom stereocenters. The third-order valence-electron chi connectivity index (χ3n) is 1.63. The molecule has 0 aromatic heterocycles. The zero-order valence-electron chi connectivity index (χ0n) is 8.53. The number of ether oxygens (including phenoxy) is 1. The van der Waals surface area contributed by atoms with Gasteiger partial charge in [-0.25, -0.2) is 0 Å². The van der Waals surface area contributed by atoms with Crippen LogP contribution >= 0.6 is 24.2 Å². The van der Waals surface area contributed by atoms with Crippen LogP contribution in [0.15, 0.2) is 24.3 Å². The van der Waals surface area contributed by atoms with E-state index in [1.54, 1.807) is 0 Å². The van der Waals surface area contributed by atoms with Crippen molar-refractivity contribution < 1.29 is 4.74 Å². The van der Waals surface area contributed by atoms with Crippen LogP contribution in [-0.4, -0.2) is 11.8 Å². The van der Waals surface area contributed by atoms with E-state index in [0.29, 0.717) is 6.61 Å². The first-order chi connectivity index (χ1) is 6.72. The summed E-state index contributed by atoms with van der Waals surface area (Å²) in [6, 6.07) is 7.83. The van der Waals surface area contributed by atoms with E-state index in [1.807, 2.05) is 31.2 Å². The third-order valence-corrected chi connectivity index (χ3v) is 2.42. The topological polar surface area (TPSA) is 59.1 Å². The smallest absolute Gasteiger partial charge is 0.151 e. The van der Waals surface area contributed by atoms with Crippen LogP contribution < -0.4 is 10.5 Å². The lowest BCUT2D eigenvalue weighted by molar-refractivity contribution is 0.340. The highest BCUT2D eigenvalue weighted by molar-refractivity contribution is 8.13. The van der Waals surface area contributed by atoms with E-state index in [-0.39, 0.29) is 17.6 Å². The number of benzene rings is 1. The van der Waals surface area contributed by atoms with Gasteiger partial charge in [0.15, 0.2) is 5.17 Å². The van der Waals surface area contributed by atoms with Gasteiger partial charge in [0.2, 0.25) is 0 Å². The molecule has 0 unspecified atom stereocenters. The molecule has 3 nitrogen and oxygen atoms in total. The van der Waals surface area contributed by atoms with Crippen molar-refractivity contribution in [3.8, 4) is 5.75 Å². The third kappa shape index (κ3) is 5.54. The Balaban J connectivity index is 0.00000196. The van der Waals surface area contributed by atoms with Gasteiger partial charge in [-0.15, -0.1) is 12.4 Å². The SMILES string of the molecule is CCOc1ccc(CSC(=N)N)cc1.Cl. The molecule has 0 saturated heterocycles. The number of halogens is 1. The molecule has 1 aromatic carbocycles. The quantitative estimate of drug-likeness (QED) is 0.634. The van der Waals surface area contributed by atoms with Gasteiger partial charge in [-0.2, -0.15) is 0 Å². The molecule has 0 amide bonds. The predicted molar refractivity (Wildman–Crippen MR) is 68.1 cm³/mol. The Labute approximate surface area is 100 Å². The normalized spacial score (nSPS) is 9.13. The summed E-state index contributed by atoms with van der Waals surface area (Å²) >= 11 is 1.32. The van der Waals surface area contributed by atoms with Crippen molar-refractivity contribution in [2.24, 2.45) is 5.73 Å². The van der Waals surface area contributed by atoms with Crippen molar-refractivity contribution in [3.05, 3.63) is 29.8 Å². The van der Waals surface area contributed by atoms with Gasteiger partial charge in [0.1, 0.15) is 5.75 Å². The van der Waals surface area contributed by atoms with Gasteiger partial charge in [0.25, 0.3) is 0 Å². The molecule has 3 N–H and O–H groups in total. The van der Waals surface area contributed by atoms with Crippen molar-refractivity contribution in [3.63, 3.8) is 0 Å². The van der Waals surface area contributed by atoms with Crippen molar-refractivity contribution in [1.82, 2.24) is 0 Å². The van der Waals surface area contributed by atoms with E-state index in [0.717, 1.165) is 17.1 Å². The van der Waals surface area contributed by atoms with E-state index in [4.69, 9.17) is 15.9 Å². The monoisotopic (exact) mass is 246 g/mol. The standard InChI is InChI=1S/C10H14N2OS.ClH/c1-2-13-9-5-3-8(4-6-9)7-14-10(11)12;/h3-6H,2,7H2,1H3,(H3,11,12);1H. The molecule has 5 heteroatoms. The number of hydrogen-bond donors (Lipinski definition) is 2. The number of nitrogens with two attached hydrogens (primary N) is 1. The highest BCUT2D eigenvalue weighted by Crippen LogP contribution is 2.16. The van der Waals surface area contributed by atoms with Gasteiger partial charge in [-0.05, 0) is 24.6 Å². The summed E-state index contributed by atoms with van der Waals surface area (Å²) in [4.78, 5) is 0. The highest BCUT2D eigenvalue weighted by Gasteiger charge is 1.96. The number of thioether (sulfide) groups is 1. The Morgan fingerprint density at radius 2 is 2.00 bits per heavy atom. The maximum Gasteiger partial charge on any atom is 0.151 e. The first-order valence-electron chi connectivity index (χ1n) is 4.41. The molecule has 0 fully saturated rings. The lowest BCUT2D eigenvalue weighted by Gasteiger charge is -2.04. The summed E-state index contributed by atoms with van der Waals surface area (Å²) in [6.45, 7) is 2.64. The molecule has 0 saturated carbocycles. The maximum atomic E-state index is 7.07. The Bertz CT molecular complexity index is 303. The first kappa shape index (κ1) is 14.1. The number of nitrogens with one attached hydrogen (secondary N) is 1. The number of amidine groups is 1. The molecule has 0 bridgehead atoms. The number of hydrogen-bond acceptors (Lipinski definition) is 3. The minimum atomic E-state index is 0. The van der Waals surface area contributed by atoms with E-state index in [1.165, 1.54) is 11.8 Å². The zero-order valence-corrected chi connectivity index (χ0v) is 10.2. The van der Waals surface area contributed by atoms with Crippen LogP contribution in [-0.2, 0) is 5.75 Å². The van der Waals surface area contributed by atoms with Crippen LogP contribution in [0.2, 0.25) is 0 Å². The molecule has 0 radical (unpaired) electrons. The molecule has 1 aromatic rings. The second-order valence-electron chi connectivity index (χ2n) is 2.73. The minimum absolute atomic E-state index is 0. The van der Waals surface area contributed by atoms with Crippen LogP contribution in [0, 0.1) is 5.41 Å². The summed E-state index contributed by atoms with van der Waals surface area (Å²) in [5.74, 6) is 1.62. The molecule has 0 aliphatic rings. The average Bonchev–Trinajstić information content (AvgIpc) is 2.17. The molecule has 15 heavy (non-hydrogen) atoms.